The molecule has 3 rings (SSSR count). The first-order chi connectivity index (χ1) is 8.26. The Morgan fingerprint density at radius 2 is 2.41 bits per heavy atom. The van der Waals surface area contributed by atoms with E-state index in [1.165, 1.54) is 12.1 Å². The van der Waals surface area contributed by atoms with E-state index in [1.807, 2.05) is 6.07 Å². The molecule has 0 saturated carbocycles. The van der Waals surface area contributed by atoms with Gasteiger partial charge in [-0.25, -0.2) is 4.39 Å². The van der Waals surface area contributed by atoms with Crippen molar-refractivity contribution in [3.8, 4) is 0 Å². The predicted molar refractivity (Wildman–Crippen MR) is 64.6 cm³/mol. The molecule has 2 saturated heterocycles. The smallest absolute Gasteiger partial charge is 0.125 e. The second kappa shape index (κ2) is 4.27. The highest BCUT2D eigenvalue weighted by molar-refractivity contribution is 5.44. The van der Waals surface area contributed by atoms with Crippen molar-refractivity contribution >= 4 is 5.69 Å². The molecule has 2 heterocycles. The Hall–Kier alpha value is -1.13. The summed E-state index contributed by atoms with van der Waals surface area (Å²) in [7, 11) is 0. The van der Waals surface area contributed by atoms with E-state index in [2.05, 4.69) is 10.6 Å². The quantitative estimate of drug-likeness (QED) is 0.821. The fourth-order valence-electron chi connectivity index (χ4n) is 2.77. The molecule has 3 nitrogen and oxygen atoms in total. The molecule has 0 aliphatic carbocycles. The number of halogens is 1. The molecule has 2 aliphatic rings. The third kappa shape index (κ3) is 2.28. The minimum absolute atomic E-state index is 0.0188. The van der Waals surface area contributed by atoms with Gasteiger partial charge >= 0.3 is 0 Å². The van der Waals surface area contributed by atoms with Gasteiger partial charge < -0.3 is 15.4 Å². The van der Waals surface area contributed by atoms with Gasteiger partial charge in [0.2, 0.25) is 0 Å². The summed E-state index contributed by atoms with van der Waals surface area (Å²) in [6, 6.07) is 6.88. The van der Waals surface area contributed by atoms with Crippen molar-refractivity contribution in [2.45, 2.75) is 24.5 Å². The third-order valence-electron chi connectivity index (χ3n) is 3.61. The summed E-state index contributed by atoms with van der Waals surface area (Å²) < 4.78 is 19.0. The van der Waals surface area contributed by atoms with Crippen molar-refractivity contribution in [2.75, 3.05) is 25.0 Å². The Balaban J connectivity index is 1.64. The maximum atomic E-state index is 13.1. The molecule has 2 fully saturated rings. The molecule has 0 radical (unpaired) electrons. The highest BCUT2D eigenvalue weighted by Crippen LogP contribution is 2.32. The van der Waals surface area contributed by atoms with Crippen LogP contribution in [-0.2, 0) is 4.74 Å². The fraction of sp³-hybridized carbons (Fsp3) is 0.538. The van der Waals surface area contributed by atoms with Crippen LogP contribution < -0.4 is 10.6 Å². The van der Waals surface area contributed by atoms with Crippen molar-refractivity contribution in [1.82, 2.24) is 5.32 Å². The molecule has 17 heavy (non-hydrogen) atoms. The normalized spacial score (nSPS) is 32.2. The summed E-state index contributed by atoms with van der Waals surface area (Å²) >= 11 is 0. The van der Waals surface area contributed by atoms with Crippen LogP contribution in [0.5, 0.6) is 0 Å². The number of benzene rings is 1. The van der Waals surface area contributed by atoms with E-state index in [0.29, 0.717) is 6.61 Å². The van der Waals surface area contributed by atoms with Crippen LogP contribution in [0.3, 0.4) is 0 Å². The standard InChI is InChI=1S/C13H17FN2O/c14-10-2-1-3-11(6-10)16-12-7-13(17-8-12)4-5-15-9-13/h1-3,6,12,15-16H,4-5,7-9H2/t12-,13-/m0/s1. The summed E-state index contributed by atoms with van der Waals surface area (Å²) in [6.07, 6.45) is 2.07. The molecule has 1 spiro atoms. The maximum absolute atomic E-state index is 13.1. The van der Waals surface area contributed by atoms with Crippen LogP contribution in [0.4, 0.5) is 10.1 Å². The number of ether oxygens (including phenoxy) is 1. The lowest BCUT2D eigenvalue weighted by atomic mass is 9.97. The zero-order valence-electron chi connectivity index (χ0n) is 9.71. The summed E-state index contributed by atoms with van der Waals surface area (Å²) in [5, 5.41) is 6.68. The molecule has 0 aromatic heterocycles. The first-order valence-electron chi connectivity index (χ1n) is 6.13. The number of anilines is 1. The van der Waals surface area contributed by atoms with Gasteiger partial charge in [-0.3, -0.25) is 0 Å². The first kappa shape index (κ1) is 11.0. The summed E-state index contributed by atoms with van der Waals surface area (Å²) in [6.45, 7) is 2.68. The van der Waals surface area contributed by atoms with Gasteiger partial charge in [0.15, 0.2) is 0 Å². The fourth-order valence-corrected chi connectivity index (χ4v) is 2.77. The Labute approximate surface area is 100 Å². The predicted octanol–water partition coefficient (Wildman–Crippen LogP) is 1.76. The maximum Gasteiger partial charge on any atom is 0.125 e. The average molecular weight is 236 g/mol. The topological polar surface area (TPSA) is 33.3 Å². The van der Waals surface area contributed by atoms with Crippen LogP contribution in [0, 0.1) is 5.82 Å². The molecule has 0 unspecified atom stereocenters. The summed E-state index contributed by atoms with van der Waals surface area (Å²) in [5.74, 6) is -0.203. The van der Waals surface area contributed by atoms with Gasteiger partial charge in [0, 0.05) is 18.7 Å². The second-order valence-corrected chi connectivity index (χ2v) is 4.98. The van der Waals surface area contributed by atoms with Crippen molar-refractivity contribution in [3.05, 3.63) is 30.1 Å². The largest absolute Gasteiger partial charge is 0.380 e. The highest BCUT2D eigenvalue weighted by Gasteiger charge is 2.42. The molecule has 2 atom stereocenters. The van der Waals surface area contributed by atoms with Gasteiger partial charge in [0.05, 0.1) is 18.2 Å². The van der Waals surface area contributed by atoms with Gasteiger partial charge in [-0.1, -0.05) is 6.07 Å². The van der Waals surface area contributed by atoms with Crippen molar-refractivity contribution < 1.29 is 9.13 Å². The Bertz CT molecular complexity index is 404. The van der Waals surface area contributed by atoms with Crippen molar-refractivity contribution in [1.29, 1.82) is 0 Å². The van der Waals surface area contributed by atoms with Crippen LogP contribution in [0.15, 0.2) is 24.3 Å². The van der Waals surface area contributed by atoms with Crippen molar-refractivity contribution in [3.63, 3.8) is 0 Å². The number of rotatable bonds is 2. The van der Waals surface area contributed by atoms with Crippen LogP contribution in [0.2, 0.25) is 0 Å². The molecule has 92 valence electrons. The lowest BCUT2D eigenvalue weighted by Gasteiger charge is -2.20. The van der Waals surface area contributed by atoms with E-state index in [1.54, 1.807) is 6.07 Å². The lowest BCUT2D eigenvalue weighted by Crippen LogP contribution is -2.31. The van der Waals surface area contributed by atoms with Gasteiger partial charge in [0.1, 0.15) is 5.82 Å². The third-order valence-corrected chi connectivity index (χ3v) is 3.61. The van der Waals surface area contributed by atoms with Crippen LogP contribution in [-0.4, -0.2) is 31.3 Å². The summed E-state index contributed by atoms with van der Waals surface area (Å²) in [5.41, 5.74) is 0.854. The van der Waals surface area contributed by atoms with E-state index in [4.69, 9.17) is 4.74 Å². The lowest BCUT2D eigenvalue weighted by molar-refractivity contribution is 0.0214. The zero-order valence-corrected chi connectivity index (χ0v) is 9.71. The second-order valence-electron chi connectivity index (χ2n) is 4.98. The molecule has 0 amide bonds. The van der Waals surface area contributed by atoms with Gasteiger partial charge in [-0.15, -0.1) is 0 Å². The average Bonchev–Trinajstić information content (AvgIpc) is 2.90. The van der Waals surface area contributed by atoms with Crippen LogP contribution in [0.1, 0.15) is 12.8 Å². The Kier molecular flexibility index (Phi) is 2.76. The highest BCUT2D eigenvalue weighted by atomic mass is 19.1. The van der Waals surface area contributed by atoms with Gasteiger partial charge in [-0.2, -0.15) is 0 Å². The molecule has 2 aliphatic heterocycles. The van der Waals surface area contributed by atoms with Gasteiger partial charge in [-0.05, 0) is 31.2 Å². The van der Waals surface area contributed by atoms with E-state index in [-0.39, 0.29) is 17.5 Å². The Morgan fingerprint density at radius 1 is 1.47 bits per heavy atom. The number of hydrogen-bond acceptors (Lipinski definition) is 3. The zero-order chi connectivity index (χ0) is 11.7. The number of hydrogen-bond donors (Lipinski definition) is 2. The van der Waals surface area contributed by atoms with Gasteiger partial charge in [0.25, 0.3) is 0 Å². The number of nitrogens with one attached hydrogen (secondary N) is 2. The minimum Gasteiger partial charge on any atom is -0.380 e. The molecule has 0 bridgehead atoms. The van der Waals surface area contributed by atoms with E-state index in [9.17, 15) is 4.39 Å². The SMILES string of the molecule is Fc1cccc(N[C@@H]2CO[C@@]3(CCNC3)C2)c1. The molecule has 1 aromatic carbocycles. The first-order valence-corrected chi connectivity index (χ1v) is 6.13. The molecule has 4 heteroatoms. The molecular weight excluding hydrogens is 219 g/mol. The molecule has 2 N–H and O–H groups in total. The van der Waals surface area contributed by atoms with E-state index in [0.717, 1.165) is 31.6 Å². The molecular formula is C13H17FN2O. The van der Waals surface area contributed by atoms with E-state index < -0.39 is 0 Å². The monoisotopic (exact) mass is 236 g/mol. The Morgan fingerprint density at radius 3 is 3.18 bits per heavy atom. The minimum atomic E-state index is -0.203. The van der Waals surface area contributed by atoms with E-state index >= 15 is 0 Å². The van der Waals surface area contributed by atoms with Crippen LogP contribution >= 0.6 is 0 Å². The molecule has 1 aromatic rings. The van der Waals surface area contributed by atoms with Crippen LogP contribution in [0.25, 0.3) is 0 Å². The van der Waals surface area contributed by atoms with Crippen molar-refractivity contribution in [2.24, 2.45) is 0 Å². The summed E-state index contributed by atoms with van der Waals surface area (Å²) in [4.78, 5) is 0.